The molecule has 0 radical (unpaired) electrons. The van der Waals surface area contributed by atoms with Gasteiger partial charge in [0.2, 0.25) is 18.6 Å². The van der Waals surface area contributed by atoms with E-state index in [9.17, 15) is 9.18 Å². The highest BCUT2D eigenvalue weighted by Gasteiger charge is 2.20. The van der Waals surface area contributed by atoms with Crippen molar-refractivity contribution in [3.05, 3.63) is 76.9 Å². The van der Waals surface area contributed by atoms with Crippen LogP contribution in [0.3, 0.4) is 0 Å². The average Bonchev–Trinajstić information content (AvgIpc) is 2.75. The van der Waals surface area contributed by atoms with Crippen LogP contribution in [0.4, 0.5) is 10.1 Å². The van der Waals surface area contributed by atoms with Gasteiger partial charge in [0.1, 0.15) is 17.2 Å². The number of hydrogen-bond acceptors (Lipinski definition) is 4. The smallest absolute Gasteiger partial charge is 0.243 e. The van der Waals surface area contributed by atoms with Crippen molar-refractivity contribution in [2.75, 3.05) is 11.8 Å². The summed E-state index contributed by atoms with van der Waals surface area (Å²) < 4.78 is 23.9. The fourth-order valence-corrected chi connectivity index (χ4v) is 3.12. The molecule has 1 amide bonds. The molecule has 0 aliphatic rings. The number of ether oxygens (including phenoxy) is 2. The van der Waals surface area contributed by atoms with E-state index in [2.05, 4.69) is 4.98 Å². The number of pyridine rings is 1. The average molecular weight is 429 g/mol. The minimum absolute atomic E-state index is 0.182. The molecule has 7 heteroatoms. The van der Waals surface area contributed by atoms with E-state index in [0.29, 0.717) is 27.8 Å². The highest BCUT2D eigenvalue weighted by molar-refractivity contribution is 6.30. The Morgan fingerprint density at radius 1 is 1.17 bits per heavy atom. The Morgan fingerprint density at radius 3 is 2.60 bits per heavy atom. The number of benzene rings is 2. The van der Waals surface area contributed by atoms with E-state index >= 15 is 0 Å². The molecule has 0 bridgehead atoms. The number of halogens is 2. The summed E-state index contributed by atoms with van der Waals surface area (Å²) in [6.07, 6.45) is 2.39. The predicted molar refractivity (Wildman–Crippen MR) is 115 cm³/mol. The Hall–Kier alpha value is -3.12. The summed E-state index contributed by atoms with van der Waals surface area (Å²) in [5, 5.41) is 0.588. The highest BCUT2D eigenvalue weighted by Crippen LogP contribution is 2.33. The van der Waals surface area contributed by atoms with Gasteiger partial charge >= 0.3 is 0 Å². The number of carbonyl (C=O) groups is 1. The van der Waals surface area contributed by atoms with Crippen LogP contribution in [-0.4, -0.2) is 17.8 Å². The van der Waals surface area contributed by atoms with E-state index in [0.717, 1.165) is 12.0 Å². The zero-order valence-electron chi connectivity index (χ0n) is 16.8. The fraction of sp³-hybridized carbons (Fsp3) is 0.217. The lowest BCUT2D eigenvalue weighted by atomic mass is 10.1. The Labute approximate surface area is 180 Å². The molecule has 30 heavy (non-hydrogen) atoms. The molecule has 0 spiro atoms. The summed E-state index contributed by atoms with van der Waals surface area (Å²) in [6, 6.07) is 15.8. The second kappa shape index (κ2) is 10.1. The summed E-state index contributed by atoms with van der Waals surface area (Å²) in [6.45, 7) is 2.71. The standard InChI is InChI=1S/C23H22ClFN2O3/c1-3-17-6-11-22(29-15-25)18(13-17)14-27(16(2)28)21-5-4-12-26-23(21)30-20-9-7-19(24)8-10-20/h4-13H,3,14-15H2,1-2H3. The van der Waals surface area contributed by atoms with Crippen LogP contribution in [0.2, 0.25) is 5.02 Å². The molecular weight excluding hydrogens is 407 g/mol. The van der Waals surface area contributed by atoms with E-state index in [1.54, 1.807) is 48.7 Å². The summed E-state index contributed by atoms with van der Waals surface area (Å²) in [5.41, 5.74) is 2.25. The first-order chi connectivity index (χ1) is 14.5. The molecule has 3 aromatic rings. The van der Waals surface area contributed by atoms with Crippen LogP contribution < -0.4 is 14.4 Å². The number of aryl methyl sites for hydroxylation is 1. The molecule has 0 N–H and O–H groups in total. The monoisotopic (exact) mass is 428 g/mol. The number of amides is 1. The SMILES string of the molecule is CCc1ccc(OCF)c(CN(C(C)=O)c2cccnc2Oc2ccc(Cl)cc2)c1. The van der Waals surface area contributed by atoms with Gasteiger partial charge in [-0.15, -0.1) is 0 Å². The number of anilines is 1. The van der Waals surface area contributed by atoms with Crippen LogP contribution in [-0.2, 0) is 17.8 Å². The lowest BCUT2D eigenvalue weighted by Crippen LogP contribution is -2.28. The van der Waals surface area contributed by atoms with Gasteiger partial charge in [0.15, 0.2) is 0 Å². The van der Waals surface area contributed by atoms with Crippen molar-refractivity contribution in [2.24, 2.45) is 0 Å². The van der Waals surface area contributed by atoms with Crippen molar-refractivity contribution < 1.29 is 18.7 Å². The van der Waals surface area contributed by atoms with Gasteiger partial charge in [-0.05, 0) is 54.4 Å². The first-order valence-corrected chi connectivity index (χ1v) is 9.86. The zero-order chi connectivity index (χ0) is 21.5. The van der Waals surface area contributed by atoms with Crippen molar-refractivity contribution >= 4 is 23.2 Å². The third-order valence-corrected chi connectivity index (χ3v) is 4.77. The van der Waals surface area contributed by atoms with Crippen LogP contribution in [0.25, 0.3) is 0 Å². The molecule has 2 aromatic carbocycles. The maximum atomic E-state index is 12.9. The number of carbonyl (C=O) groups excluding carboxylic acids is 1. The van der Waals surface area contributed by atoms with Crippen molar-refractivity contribution in [3.63, 3.8) is 0 Å². The summed E-state index contributed by atoms with van der Waals surface area (Å²) in [5.74, 6) is 0.994. The van der Waals surface area contributed by atoms with Crippen LogP contribution in [0.5, 0.6) is 17.4 Å². The van der Waals surface area contributed by atoms with Gasteiger partial charge in [-0.2, -0.15) is 0 Å². The lowest BCUT2D eigenvalue weighted by Gasteiger charge is -2.24. The van der Waals surface area contributed by atoms with Gasteiger partial charge in [0.05, 0.1) is 6.54 Å². The van der Waals surface area contributed by atoms with Gasteiger partial charge in [-0.25, -0.2) is 9.37 Å². The third-order valence-electron chi connectivity index (χ3n) is 4.52. The topological polar surface area (TPSA) is 51.7 Å². The molecule has 5 nitrogen and oxygen atoms in total. The van der Waals surface area contributed by atoms with Gasteiger partial charge in [0, 0.05) is 23.7 Å². The van der Waals surface area contributed by atoms with Crippen molar-refractivity contribution in [1.82, 2.24) is 4.98 Å². The first kappa shape index (κ1) is 21.6. The van der Waals surface area contributed by atoms with Crippen LogP contribution >= 0.6 is 11.6 Å². The molecule has 0 saturated carbocycles. The Balaban J connectivity index is 1.96. The molecule has 0 aliphatic carbocycles. The second-order valence-corrected chi connectivity index (χ2v) is 6.97. The highest BCUT2D eigenvalue weighted by atomic mass is 35.5. The summed E-state index contributed by atoms with van der Waals surface area (Å²) in [4.78, 5) is 18.4. The van der Waals surface area contributed by atoms with E-state index in [4.69, 9.17) is 21.1 Å². The van der Waals surface area contributed by atoms with E-state index in [1.807, 2.05) is 19.1 Å². The number of hydrogen-bond donors (Lipinski definition) is 0. The Kier molecular flexibility index (Phi) is 7.25. The normalized spacial score (nSPS) is 10.5. The maximum Gasteiger partial charge on any atom is 0.243 e. The lowest BCUT2D eigenvalue weighted by molar-refractivity contribution is -0.116. The molecule has 1 heterocycles. The van der Waals surface area contributed by atoms with E-state index < -0.39 is 6.86 Å². The number of alkyl halides is 1. The summed E-state index contributed by atoms with van der Waals surface area (Å²) >= 11 is 5.93. The van der Waals surface area contributed by atoms with Crippen LogP contribution in [0.15, 0.2) is 60.8 Å². The molecule has 3 rings (SSSR count). The third kappa shape index (κ3) is 5.27. The number of aromatic nitrogens is 1. The molecular formula is C23H22ClFN2O3. The van der Waals surface area contributed by atoms with E-state index in [1.165, 1.54) is 11.8 Å². The quantitative estimate of drug-likeness (QED) is 0.445. The fourth-order valence-electron chi connectivity index (χ4n) is 2.99. The molecule has 156 valence electrons. The largest absolute Gasteiger partial charge is 0.463 e. The number of nitrogens with zero attached hydrogens (tertiary/aromatic N) is 2. The van der Waals surface area contributed by atoms with Crippen LogP contribution in [0.1, 0.15) is 25.0 Å². The zero-order valence-corrected chi connectivity index (χ0v) is 17.5. The van der Waals surface area contributed by atoms with Crippen molar-refractivity contribution in [2.45, 2.75) is 26.8 Å². The van der Waals surface area contributed by atoms with Gasteiger partial charge in [-0.1, -0.05) is 30.7 Å². The maximum absolute atomic E-state index is 12.9. The second-order valence-electron chi connectivity index (χ2n) is 6.54. The molecule has 0 fully saturated rings. The predicted octanol–water partition coefficient (Wildman–Crippen LogP) is 5.95. The Morgan fingerprint density at radius 2 is 1.93 bits per heavy atom. The van der Waals surface area contributed by atoms with Crippen LogP contribution in [0, 0.1) is 0 Å². The molecule has 0 atom stereocenters. The minimum atomic E-state index is -0.948. The van der Waals surface area contributed by atoms with Gasteiger partial charge in [0.25, 0.3) is 0 Å². The minimum Gasteiger partial charge on any atom is -0.463 e. The molecule has 0 saturated heterocycles. The van der Waals surface area contributed by atoms with E-state index in [-0.39, 0.29) is 18.3 Å². The van der Waals surface area contributed by atoms with Gasteiger partial charge < -0.3 is 14.4 Å². The molecule has 1 aromatic heterocycles. The summed E-state index contributed by atoms with van der Waals surface area (Å²) in [7, 11) is 0. The van der Waals surface area contributed by atoms with Crippen molar-refractivity contribution in [1.29, 1.82) is 0 Å². The first-order valence-electron chi connectivity index (χ1n) is 9.49. The molecule has 0 aliphatic heterocycles. The van der Waals surface area contributed by atoms with Gasteiger partial charge in [-0.3, -0.25) is 4.79 Å². The Bertz CT molecular complexity index is 1010. The number of rotatable bonds is 8. The van der Waals surface area contributed by atoms with Crippen molar-refractivity contribution in [3.8, 4) is 17.4 Å². The molecule has 0 unspecified atom stereocenters.